The van der Waals surface area contributed by atoms with Gasteiger partial charge in [0.05, 0.1) is 6.42 Å². The molecule has 0 heterocycles. The highest BCUT2D eigenvalue weighted by Gasteiger charge is 2.23. The highest BCUT2D eigenvalue weighted by molar-refractivity contribution is 6.17. The molecular formula is C15H22ClNO. The van der Waals surface area contributed by atoms with E-state index in [1.165, 1.54) is 0 Å². The van der Waals surface area contributed by atoms with Crippen LogP contribution in [0.15, 0.2) is 24.3 Å². The summed E-state index contributed by atoms with van der Waals surface area (Å²) in [5.74, 6) is 0.633. The van der Waals surface area contributed by atoms with Gasteiger partial charge in [-0.1, -0.05) is 31.2 Å². The molecule has 1 N–H and O–H groups in total. The Kier molecular flexibility index (Phi) is 5.67. The van der Waals surface area contributed by atoms with Crippen LogP contribution in [0.4, 0.5) is 0 Å². The predicted molar refractivity (Wildman–Crippen MR) is 77.1 cm³/mol. The number of alkyl halides is 1. The summed E-state index contributed by atoms with van der Waals surface area (Å²) in [6, 6.07) is 7.98. The molecule has 100 valence electrons. The van der Waals surface area contributed by atoms with Gasteiger partial charge in [-0.2, -0.15) is 0 Å². The van der Waals surface area contributed by atoms with Crippen LogP contribution in [0, 0.1) is 6.92 Å². The molecule has 0 aliphatic rings. The van der Waals surface area contributed by atoms with Crippen LogP contribution in [0.3, 0.4) is 0 Å². The maximum absolute atomic E-state index is 12.1. The zero-order valence-electron chi connectivity index (χ0n) is 11.4. The van der Waals surface area contributed by atoms with Gasteiger partial charge in [-0.25, -0.2) is 0 Å². The van der Waals surface area contributed by atoms with E-state index in [2.05, 4.69) is 12.2 Å². The van der Waals surface area contributed by atoms with Crippen molar-refractivity contribution in [2.45, 2.75) is 45.6 Å². The standard InChI is InChI=1S/C15H22ClNO/c1-4-15(3,9-10-16)17-14(18)11-13-8-6-5-7-12(13)2/h5-8H,4,9-11H2,1-3H3,(H,17,18). The second-order valence-electron chi connectivity index (χ2n) is 5.00. The fourth-order valence-electron chi connectivity index (χ4n) is 1.90. The van der Waals surface area contributed by atoms with Gasteiger partial charge in [-0.15, -0.1) is 11.6 Å². The number of rotatable bonds is 6. The molecule has 0 aromatic heterocycles. The van der Waals surface area contributed by atoms with Crippen molar-refractivity contribution in [3.8, 4) is 0 Å². The summed E-state index contributed by atoms with van der Waals surface area (Å²) >= 11 is 5.78. The van der Waals surface area contributed by atoms with Crippen LogP contribution < -0.4 is 5.32 Å². The summed E-state index contributed by atoms with van der Waals surface area (Å²) in [6.45, 7) is 6.14. The summed E-state index contributed by atoms with van der Waals surface area (Å²) in [6.07, 6.45) is 2.12. The third-order valence-electron chi connectivity index (χ3n) is 3.48. The normalized spacial score (nSPS) is 14.0. The third-order valence-corrected chi connectivity index (χ3v) is 3.67. The van der Waals surface area contributed by atoms with E-state index in [0.29, 0.717) is 12.3 Å². The Morgan fingerprint density at radius 1 is 1.39 bits per heavy atom. The minimum atomic E-state index is -0.193. The first kappa shape index (κ1) is 15.0. The second kappa shape index (κ2) is 6.79. The van der Waals surface area contributed by atoms with Crippen molar-refractivity contribution in [1.29, 1.82) is 0 Å². The average molecular weight is 268 g/mol. The molecule has 1 atom stereocenters. The van der Waals surface area contributed by atoms with Gasteiger partial charge in [0.2, 0.25) is 5.91 Å². The summed E-state index contributed by atoms with van der Waals surface area (Å²) in [5.41, 5.74) is 2.05. The van der Waals surface area contributed by atoms with E-state index >= 15 is 0 Å². The minimum absolute atomic E-state index is 0.0683. The predicted octanol–water partition coefficient (Wildman–Crippen LogP) is 3.45. The zero-order chi connectivity index (χ0) is 13.6. The lowest BCUT2D eigenvalue weighted by atomic mass is 9.94. The number of aryl methyl sites for hydroxylation is 1. The number of carbonyl (C=O) groups excluding carboxylic acids is 1. The monoisotopic (exact) mass is 267 g/mol. The lowest BCUT2D eigenvalue weighted by Gasteiger charge is -2.29. The zero-order valence-corrected chi connectivity index (χ0v) is 12.2. The van der Waals surface area contributed by atoms with Crippen LogP contribution in [-0.4, -0.2) is 17.3 Å². The van der Waals surface area contributed by atoms with Crippen molar-refractivity contribution in [3.63, 3.8) is 0 Å². The van der Waals surface area contributed by atoms with Crippen LogP contribution in [0.2, 0.25) is 0 Å². The first-order valence-electron chi connectivity index (χ1n) is 6.42. The van der Waals surface area contributed by atoms with Crippen molar-refractivity contribution in [3.05, 3.63) is 35.4 Å². The molecule has 1 aromatic carbocycles. The van der Waals surface area contributed by atoms with Gasteiger partial charge < -0.3 is 5.32 Å². The molecule has 0 aliphatic carbocycles. The molecule has 0 fully saturated rings. The van der Waals surface area contributed by atoms with Gasteiger partial charge in [-0.3, -0.25) is 4.79 Å². The number of halogens is 1. The SMILES string of the molecule is CCC(C)(CCCl)NC(=O)Cc1ccccc1C. The molecule has 0 bridgehead atoms. The molecule has 18 heavy (non-hydrogen) atoms. The maximum Gasteiger partial charge on any atom is 0.224 e. The molecule has 0 saturated heterocycles. The molecule has 1 rings (SSSR count). The number of hydrogen-bond acceptors (Lipinski definition) is 1. The largest absolute Gasteiger partial charge is 0.351 e. The summed E-state index contributed by atoms with van der Waals surface area (Å²) < 4.78 is 0. The Balaban J connectivity index is 2.64. The summed E-state index contributed by atoms with van der Waals surface area (Å²) in [4.78, 5) is 12.1. The molecule has 0 aliphatic heterocycles. The summed E-state index contributed by atoms with van der Waals surface area (Å²) in [5, 5.41) is 3.10. The van der Waals surface area contributed by atoms with Gasteiger partial charge in [-0.05, 0) is 37.8 Å². The smallest absolute Gasteiger partial charge is 0.224 e. The van der Waals surface area contributed by atoms with Crippen LogP contribution >= 0.6 is 11.6 Å². The quantitative estimate of drug-likeness (QED) is 0.786. The van der Waals surface area contributed by atoms with E-state index in [4.69, 9.17) is 11.6 Å². The van der Waals surface area contributed by atoms with Crippen LogP contribution in [0.25, 0.3) is 0 Å². The molecule has 1 aromatic rings. The Morgan fingerprint density at radius 3 is 2.61 bits per heavy atom. The number of nitrogens with one attached hydrogen (secondary N) is 1. The molecule has 2 nitrogen and oxygen atoms in total. The van der Waals surface area contributed by atoms with Gasteiger partial charge in [0.15, 0.2) is 0 Å². The average Bonchev–Trinajstić information content (AvgIpc) is 2.32. The van der Waals surface area contributed by atoms with Gasteiger partial charge in [0.1, 0.15) is 0 Å². The van der Waals surface area contributed by atoms with Crippen molar-refractivity contribution in [1.82, 2.24) is 5.32 Å². The van der Waals surface area contributed by atoms with Crippen molar-refractivity contribution in [2.24, 2.45) is 0 Å². The molecule has 1 amide bonds. The van der Waals surface area contributed by atoms with E-state index in [1.807, 2.05) is 38.1 Å². The van der Waals surface area contributed by atoms with Crippen LogP contribution in [0.1, 0.15) is 37.8 Å². The van der Waals surface area contributed by atoms with Crippen LogP contribution in [-0.2, 0) is 11.2 Å². The van der Waals surface area contributed by atoms with Crippen molar-refractivity contribution >= 4 is 17.5 Å². The van der Waals surface area contributed by atoms with Gasteiger partial charge in [0.25, 0.3) is 0 Å². The summed E-state index contributed by atoms with van der Waals surface area (Å²) in [7, 11) is 0. The highest BCUT2D eigenvalue weighted by atomic mass is 35.5. The number of benzene rings is 1. The van der Waals surface area contributed by atoms with E-state index in [1.54, 1.807) is 0 Å². The molecule has 0 radical (unpaired) electrons. The van der Waals surface area contributed by atoms with E-state index in [0.717, 1.165) is 24.0 Å². The van der Waals surface area contributed by atoms with Crippen molar-refractivity contribution in [2.75, 3.05) is 5.88 Å². The highest BCUT2D eigenvalue weighted by Crippen LogP contribution is 2.16. The Hall–Kier alpha value is -1.02. The third kappa shape index (κ3) is 4.34. The van der Waals surface area contributed by atoms with Crippen molar-refractivity contribution < 1.29 is 4.79 Å². The fourth-order valence-corrected chi connectivity index (χ4v) is 2.32. The molecular weight excluding hydrogens is 246 g/mol. The molecule has 1 unspecified atom stereocenters. The first-order valence-corrected chi connectivity index (χ1v) is 6.95. The number of hydrogen-bond donors (Lipinski definition) is 1. The molecule has 0 saturated carbocycles. The maximum atomic E-state index is 12.1. The Labute approximate surface area is 115 Å². The Bertz CT molecular complexity index is 405. The Morgan fingerprint density at radius 2 is 2.06 bits per heavy atom. The van der Waals surface area contributed by atoms with E-state index in [9.17, 15) is 4.79 Å². The minimum Gasteiger partial charge on any atom is -0.351 e. The van der Waals surface area contributed by atoms with Gasteiger partial charge >= 0.3 is 0 Å². The topological polar surface area (TPSA) is 29.1 Å². The lowest BCUT2D eigenvalue weighted by molar-refractivity contribution is -0.122. The van der Waals surface area contributed by atoms with Crippen LogP contribution in [0.5, 0.6) is 0 Å². The lowest BCUT2D eigenvalue weighted by Crippen LogP contribution is -2.46. The first-order chi connectivity index (χ1) is 8.50. The van der Waals surface area contributed by atoms with E-state index < -0.39 is 0 Å². The second-order valence-corrected chi connectivity index (χ2v) is 5.38. The molecule has 0 spiro atoms. The number of amides is 1. The van der Waals surface area contributed by atoms with E-state index in [-0.39, 0.29) is 11.4 Å². The van der Waals surface area contributed by atoms with Gasteiger partial charge in [0, 0.05) is 11.4 Å². The fraction of sp³-hybridized carbons (Fsp3) is 0.533. The molecule has 3 heteroatoms. The number of carbonyl (C=O) groups is 1.